The molecule has 1 aliphatic heterocycles. The number of hydrogen-bond donors (Lipinski definition) is 0. The summed E-state index contributed by atoms with van der Waals surface area (Å²) in [6, 6.07) is 6.02. The van der Waals surface area contributed by atoms with E-state index in [1.165, 1.54) is 5.56 Å². The third-order valence-electron chi connectivity index (χ3n) is 3.31. The molecular formula is C15H23NO3. The van der Waals surface area contributed by atoms with Gasteiger partial charge in [0.1, 0.15) is 11.5 Å². The van der Waals surface area contributed by atoms with E-state index in [-0.39, 0.29) is 12.2 Å². The van der Waals surface area contributed by atoms with E-state index in [0.717, 1.165) is 31.1 Å². The Morgan fingerprint density at radius 3 is 2.05 bits per heavy atom. The maximum atomic E-state index is 5.75. The molecule has 2 atom stereocenters. The molecule has 2 rings (SSSR count). The van der Waals surface area contributed by atoms with Crippen molar-refractivity contribution in [1.82, 2.24) is 4.90 Å². The van der Waals surface area contributed by atoms with Gasteiger partial charge in [0.2, 0.25) is 0 Å². The zero-order valence-corrected chi connectivity index (χ0v) is 12.2. The summed E-state index contributed by atoms with van der Waals surface area (Å²) in [6.07, 6.45) is 0.576. The molecular weight excluding hydrogens is 242 g/mol. The van der Waals surface area contributed by atoms with Gasteiger partial charge in [0.05, 0.1) is 26.4 Å². The molecule has 0 aromatic heterocycles. The van der Waals surface area contributed by atoms with Crippen LogP contribution >= 0.6 is 0 Å². The number of hydrogen-bond acceptors (Lipinski definition) is 4. The summed E-state index contributed by atoms with van der Waals surface area (Å²) in [5, 5.41) is 0. The zero-order valence-electron chi connectivity index (χ0n) is 12.2. The number of methoxy groups -OCH3 is 2. The minimum atomic E-state index is 0.288. The van der Waals surface area contributed by atoms with Crippen molar-refractivity contribution in [3.05, 3.63) is 23.8 Å². The summed E-state index contributed by atoms with van der Waals surface area (Å²) in [7, 11) is 3.36. The van der Waals surface area contributed by atoms with Gasteiger partial charge < -0.3 is 14.2 Å². The molecule has 1 aromatic rings. The molecule has 1 aromatic carbocycles. The van der Waals surface area contributed by atoms with Gasteiger partial charge in [-0.05, 0) is 31.5 Å². The van der Waals surface area contributed by atoms with Crippen molar-refractivity contribution in [1.29, 1.82) is 0 Å². The monoisotopic (exact) mass is 265 g/mol. The van der Waals surface area contributed by atoms with E-state index >= 15 is 0 Å². The van der Waals surface area contributed by atoms with Crippen molar-refractivity contribution >= 4 is 0 Å². The van der Waals surface area contributed by atoms with Gasteiger partial charge in [-0.1, -0.05) is 0 Å². The second-order valence-corrected chi connectivity index (χ2v) is 5.17. The Bertz CT molecular complexity index is 390. The van der Waals surface area contributed by atoms with Gasteiger partial charge in [0.15, 0.2) is 0 Å². The van der Waals surface area contributed by atoms with E-state index in [1.807, 2.05) is 6.07 Å². The van der Waals surface area contributed by atoms with Crippen molar-refractivity contribution in [2.45, 2.75) is 32.6 Å². The van der Waals surface area contributed by atoms with Gasteiger partial charge >= 0.3 is 0 Å². The van der Waals surface area contributed by atoms with Gasteiger partial charge in [-0.3, -0.25) is 4.90 Å². The lowest BCUT2D eigenvalue weighted by atomic mass is 10.1. The van der Waals surface area contributed by atoms with E-state index in [0.29, 0.717) is 0 Å². The van der Waals surface area contributed by atoms with Crippen LogP contribution in [0.1, 0.15) is 19.4 Å². The molecule has 106 valence electrons. The highest BCUT2D eigenvalue weighted by Crippen LogP contribution is 2.24. The number of ether oxygens (including phenoxy) is 3. The molecule has 19 heavy (non-hydrogen) atoms. The Kier molecular flexibility index (Phi) is 4.66. The summed E-state index contributed by atoms with van der Waals surface area (Å²) < 4.78 is 16.4. The lowest BCUT2D eigenvalue weighted by molar-refractivity contribution is -0.0705. The zero-order chi connectivity index (χ0) is 13.8. The first-order chi connectivity index (χ1) is 9.10. The van der Waals surface area contributed by atoms with E-state index < -0.39 is 0 Å². The first kappa shape index (κ1) is 14.2. The Morgan fingerprint density at radius 2 is 1.58 bits per heavy atom. The Balaban J connectivity index is 2.09. The van der Waals surface area contributed by atoms with Crippen LogP contribution in [0.3, 0.4) is 0 Å². The number of nitrogens with zero attached hydrogens (tertiary/aromatic N) is 1. The van der Waals surface area contributed by atoms with E-state index in [4.69, 9.17) is 14.2 Å². The Labute approximate surface area is 115 Å². The van der Waals surface area contributed by atoms with Crippen LogP contribution in [0.15, 0.2) is 18.2 Å². The van der Waals surface area contributed by atoms with Crippen LogP contribution in [-0.2, 0) is 11.3 Å². The predicted octanol–water partition coefficient (Wildman–Crippen LogP) is 2.31. The fourth-order valence-corrected chi connectivity index (χ4v) is 2.63. The highest BCUT2D eigenvalue weighted by Gasteiger charge is 2.22. The van der Waals surface area contributed by atoms with Crippen molar-refractivity contribution in [3.8, 4) is 11.5 Å². The molecule has 4 heteroatoms. The molecule has 0 aliphatic carbocycles. The highest BCUT2D eigenvalue weighted by atomic mass is 16.5. The molecule has 0 unspecified atom stereocenters. The quantitative estimate of drug-likeness (QED) is 0.836. The number of morpholine rings is 1. The first-order valence-electron chi connectivity index (χ1n) is 6.70. The second kappa shape index (κ2) is 6.26. The Morgan fingerprint density at radius 1 is 1.05 bits per heavy atom. The lowest BCUT2D eigenvalue weighted by Gasteiger charge is -2.35. The molecule has 0 saturated carbocycles. The molecule has 0 radical (unpaired) electrons. The molecule has 0 N–H and O–H groups in total. The van der Waals surface area contributed by atoms with Crippen molar-refractivity contribution in [3.63, 3.8) is 0 Å². The Hall–Kier alpha value is -1.26. The minimum absolute atomic E-state index is 0.288. The van der Waals surface area contributed by atoms with Crippen LogP contribution in [0, 0.1) is 0 Å². The average molecular weight is 265 g/mol. The normalized spacial score (nSPS) is 24.2. The van der Waals surface area contributed by atoms with Crippen LogP contribution in [-0.4, -0.2) is 44.4 Å². The van der Waals surface area contributed by atoms with E-state index in [9.17, 15) is 0 Å². The lowest BCUT2D eigenvalue weighted by Crippen LogP contribution is -2.44. The van der Waals surface area contributed by atoms with E-state index in [2.05, 4.69) is 30.9 Å². The molecule has 1 heterocycles. The minimum Gasteiger partial charge on any atom is -0.497 e. The van der Waals surface area contributed by atoms with Crippen LogP contribution in [0.25, 0.3) is 0 Å². The van der Waals surface area contributed by atoms with Gasteiger partial charge in [0, 0.05) is 25.7 Å². The predicted molar refractivity (Wildman–Crippen MR) is 74.8 cm³/mol. The molecule has 1 aliphatic rings. The highest BCUT2D eigenvalue weighted by molar-refractivity contribution is 5.38. The molecule has 0 amide bonds. The summed E-state index contributed by atoms with van der Waals surface area (Å²) in [5.74, 6) is 1.67. The topological polar surface area (TPSA) is 30.9 Å². The van der Waals surface area contributed by atoms with E-state index in [1.54, 1.807) is 14.2 Å². The van der Waals surface area contributed by atoms with Crippen molar-refractivity contribution < 1.29 is 14.2 Å². The van der Waals surface area contributed by atoms with Crippen molar-refractivity contribution in [2.24, 2.45) is 0 Å². The maximum absolute atomic E-state index is 5.75. The van der Waals surface area contributed by atoms with Crippen LogP contribution < -0.4 is 9.47 Å². The van der Waals surface area contributed by atoms with Crippen LogP contribution in [0.4, 0.5) is 0 Å². The number of rotatable bonds is 4. The van der Waals surface area contributed by atoms with Gasteiger partial charge in [-0.2, -0.15) is 0 Å². The SMILES string of the molecule is COc1cc(CN2C[C@@H](C)O[C@@H](C)C2)cc(OC)c1. The van der Waals surface area contributed by atoms with Crippen LogP contribution in [0.2, 0.25) is 0 Å². The first-order valence-corrected chi connectivity index (χ1v) is 6.70. The number of benzene rings is 1. The van der Waals surface area contributed by atoms with Gasteiger partial charge in [-0.25, -0.2) is 0 Å². The largest absolute Gasteiger partial charge is 0.497 e. The summed E-state index contributed by atoms with van der Waals surface area (Å²) in [4.78, 5) is 2.41. The molecule has 0 spiro atoms. The molecule has 1 saturated heterocycles. The third kappa shape index (κ3) is 3.85. The molecule has 0 bridgehead atoms. The summed E-state index contributed by atoms with van der Waals surface area (Å²) >= 11 is 0. The smallest absolute Gasteiger partial charge is 0.122 e. The van der Waals surface area contributed by atoms with Gasteiger partial charge in [-0.15, -0.1) is 0 Å². The van der Waals surface area contributed by atoms with Gasteiger partial charge in [0.25, 0.3) is 0 Å². The molecule has 4 nitrogen and oxygen atoms in total. The van der Waals surface area contributed by atoms with Crippen LogP contribution in [0.5, 0.6) is 11.5 Å². The summed E-state index contributed by atoms with van der Waals surface area (Å²) in [5.41, 5.74) is 1.21. The third-order valence-corrected chi connectivity index (χ3v) is 3.31. The summed E-state index contributed by atoms with van der Waals surface area (Å²) in [6.45, 7) is 7.06. The maximum Gasteiger partial charge on any atom is 0.122 e. The second-order valence-electron chi connectivity index (χ2n) is 5.17. The van der Waals surface area contributed by atoms with Crippen molar-refractivity contribution in [2.75, 3.05) is 27.3 Å². The fraction of sp³-hybridized carbons (Fsp3) is 0.600. The molecule has 1 fully saturated rings. The standard InChI is InChI=1S/C15H23NO3/c1-11-8-16(9-12(2)19-11)10-13-5-14(17-3)7-15(6-13)18-4/h5-7,11-12H,8-10H2,1-4H3/t11-,12+. The average Bonchev–Trinajstić information content (AvgIpc) is 2.37. The fourth-order valence-electron chi connectivity index (χ4n) is 2.63.